The first kappa shape index (κ1) is 16.8. The molecule has 2 N–H and O–H groups in total. The van der Waals surface area contributed by atoms with Crippen LogP contribution in [0.25, 0.3) is 0 Å². The largest absolute Gasteiger partial charge is 0.381 e. The molecule has 1 aromatic rings. The third kappa shape index (κ3) is 3.79. The van der Waals surface area contributed by atoms with Crippen molar-refractivity contribution in [3.05, 3.63) is 23.8 Å². The molecular formula is C16H20N4O3. The molecule has 1 aromatic carbocycles. The van der Waals surface area contributed by atoms with Crippen LogP contribution in [0.4, 0.5) is 11.4 Å². The summed E-state index contributed by atoms with van der Waals surface area (Å²) in [6.45, 7) is 2.29. The number of rotatable bonds is 4. The van der Waals surface area contributed by atoms with Gasteiger partial charge in [0.25, 0.3) is 5.91 Å². The van der Waals surface area contributed by atoms with Gasteiger partial charge in [-0.1, -0.05) is 0 Å². The van der Waals surface area contributed by atoms with Gasteiger partial charge in [-0.05, 0) is 25.1 Å². The number of nitrogens with one attached hydrogen (secondary N) is 2. The van der Waals surface area contributed by atoms with Gasteiger partial charge in [0.1, 0.15) is 5.54 Å². The quantitative estimate of drug-likeness (QED) is 0.868. The Labute approximate surface area is 135 Å². The molecule has 1 aliphatic rings. The molecule has 1 unspecified atom stereocenters. The van der Waals surface area contributed by atoms with Crippen molar-refractivity contribution in [3.8, 4) is 6.07 Å². The van der Waals surface area contributed by atoms with E-state index in [0.717, 1.165) is 5.69 Å². The molecule has 7 heteroatoms. The molecule has 0 aromatic heterocycles. The molecule has 1 atom stereocenters. The van der Waals surface area contributed by atoms with Crippen molar-refractivity contribution in [1.29, 1.82) is 5.26 Å². The third-order valence-corrected chi connectivity index (χ3v) is 3.69. The van der Waals surface area contributed by atoms with E-state index in [-0.39, 0.29) is 12.5 Å². The highest BCUT2D eigenvalue weighted by molar-refractivity contribution is 6.01. The summed E-state index contributed by atoms with van der Waals surface area (Å²) in [7, 11) is 3.36. The molecule has 7 nitrogen and oxygen atoms in total. The van der Waals surface area contributed by atoms with Crippen LogP contribution in [0.15, 0.2) is 18.2 Å². The van der Waals surface area contributed by atoms with Crippen molar-refractivity contribution in [3.63, 3.8) is 0 Å². The monoisotopic (exact) mass is 316 g/mol. The van der Waals surface area contributed by atoms with E-state index in [1.807, 2.05) is 18.0 Å². The fourth-order valence-corrected chi connectivity index (χ4v) is 2.42. The molecule has 23 heavy (non-hydrogen) atoms. The fraction of sp³-hybridized carbons (Fsp3) is 0.438. The highest BCUT2D eigenvalue weighted by atomic mass is 16.5. The summed E-state index contributed by atoms with van der Waals surface area (Å²) in [5.41, 5.74) is 0.705. The van der Waals surface area contributed by atoms with Gasteiger partial charge in [0, 0.05) is 32.7 Å². The molecule has 2 rings (SSSR count). The average molecular weight is 316 g/mol. The number of methoxy groups -OCH3 is 1. The Balaban J connectivity index is 2.26. The summed E-state index contributed by atoms with van der Waals surface area (Å²) in [5, 5.41) is 14.7. The molecule has 0 bridgehead atoms. The van der Waals surface area contributed by atoms with E-state index in [2.05, 4.69) is 10.6 Å². The first-order valence-corrected chi connectivity index (χ1v) is 7.26. The first-order chi connectivity index (χ1) is 10.9. The molecule has 2 amide bonds. The van der Waals surface area contributed by atoms with Gasteiger partial charge < -0.3 is 20.3 Å². The number of fused-ring (bicyclic) bond motifs is 1. The summed E-state index contributed by atoms with van der Waals surface area (Å²) in [4.78, 5) is 26.1. The summed E-state index contributed by atoms with van der Waals surface area (Å²) in [6.07, 6.45) is 0.396. The Kier molecular flexibility index (Phi) is 4.86. The molecule has 0 saturated carbocycles. The third-order valence-electron chi connectivity index (χ3n) is 3.69. The molecular weight excluding hydrogens is 296 g/mol. The second kappa shape index (κ2) is 6.67. The molecule has 1 heterocycles. The second-order valence-corrected chi connectivity index (χ2v) is 5.78. The minimum absolute atomic E-state index is 0.0830. The minimum Gasteiger partial charge on any atom is -0.381 e. The smallest absolute Gasteiger partial charge is 0.252 e. The van der Waals surface area contributed by atoms with Crippen LogP contribution in [-0.4, -0.2) is 44.7 Å². The average Bonchev–Trinajstić information content (AvgIpc) is 2.66. The van der Waals surface area contributed by atoms with E-state index in [0.29, 0.717) is 24.2 Å². The summed E-state index contributed by atoms with van der Waals surface area (Å²) >= 11 is 0. The van der Waals surface area contributed by atoms with Gasteiger partial charge in [0.2, 0.25) is 5.91 Å². The van der Waals surface area contributed by atoms with Crippen molar-refractivity contribution in [1.82, 2.24) is 5.32 Å². The van der Waals surface area contributed by atoms with Crippen molar-refractivity contribution < 1.29 is 14.3 Å². The van der Waals surface area contributed by atoms with Crippen molar-refractivity contribution in [2.45, 2.75) is 18.9 Å². The molecule has 0 fully saturated rings. The Hall–Kier alpha value is -2.59. The zero-order valence-corrected chi connectivity index (χ0v) is 13.5. The number of nitriles is 1. The number of hydrogen-bond acceptors (Lipinski definition) is 5. The van der Waals surface area contributed by atoms with E-state index in [1.165, 1.54) is 7.11 Å². The van der Waals surface area contributed by atoms with E-state index in [9.17, 15) is 14.9 Å². The number of nitrogens with zero attached hydrogens (tertiary/aromatic N) is 2. The van der Waals surface area contributed by atoms with Gasteiger partial charge in [0.15, 0.2) is 0 Å². The van der Waals surface area contributed by atoms with Crippen LogP contribution in [0, 0.1) is 11.3 Å². The predicted octanol–water partition coefficient (Wildman–Crippen LogP) is 1.12. The van der Waals surface area contributed by atoms with Gasteiger partial charge >= 0.3 is 0 Å². The molecule has 0 spiro atoms. The van der Waals surface area contributed by atoms with Crippen molar-refractivity contribution >= 4 is 23.2 Å². The van der Waals surface area contributed by atoms with E-state index in [1.54, 1.807) is 25.1 Å². The Morgan fingerprint density at radius 2 is 2.30 bits per heavy atom. The van der Waals surface area contributed by atoms with Gasteiger partial charge in [-0.15, -0.1) is 0 Å². The Morgan fingerprint density at radius 3 is 2.96 bits per heavy atom. The zero-order valence-electron chi connectivity index (χ0n) is 13.5. The molecule has 0 radical (unpaired) electrons. The standard InChI is InChI=1S/C16H20N4O3/c1-16(9-17,10-23-3)19-15(22)11-4-5-13-12(8-11)18-14(21)6-7-20(13)2/h4-5,8H,6-7,10H2,1-3H3,(H,18,21)(H,19,22). The van der Waals surface area contributed by atoms with Crippen LogP contribution in [0.2, 0.25) is 0 Å². The topological polar surface area (TPSA) is 94.5 Å². The summed E-state index contributed by atoms with van der Waals surface area (Å²) < 4.78 is 4.97. The fourth-order valence-electron chi connectivity index (χ4n) is 2.42. The first-order valence-electron chi connectivity index (χ1n) is 7.26. The maximum atomic E-state index is 12.4. The molecule has 0 aliphatic carbocycles. The summed E-state index contributed by atoms with van der Waals surface area (Å²) in [5.74, 6) is -0.482. The van der Waals surface area contributed by atoms with Crippen molar-refractivity contribution in [2.75, 3.05) is 37.5 Å². The maximum absolute atomic E-state index is 12.4. The number of ether oxygens (including phenoxy) is 1. The van der Waals surface area contributed by atoms with Crippen LogP contribution < -0.4 is 15.5 Å². The number of carbonyl (C=O) groups is 2. The van der Waals surface area contributed by atoms with Crippen LogP contribution in [-0.2, 0) is 9.53 Å². The number of amides is 2. The van der Waals surface area contributed by atoms with Crippen LogP contribution in [0.3, 0.4) is 0 Å². The van der Waals surface area contributed by atoms with Gasteiger partial charge in [-0.3, -0.25) is 9.59 Å². The highest BCUT2D eigenvalue weighted by Crippen LogP contribution is 2.29. The van der Waals surface area contributed by atoms with Gasteiger partial charge in [0.05, 0.1) is 24.1 Å². The maximum Gasteiger partial charge on any atom is 0.252 e. The lowest BCUT2D eigenvalue weighted by molar-refractivity contribution is -0.115. The van der Waals surface area contributed by atoms with Crippen molar-refractivity contribution in [2.24, 2.45) is 0 Å². The second-order valence-electron chi connectivity index (χ2n) is 5.78. The molecule has 1 aliphatic heterocycles. The molecule has 122 valence electrons. The van der Waals surface area contributed by atoms with Gasteiger partial charge in [-0.2, -0.15) is 5.26 Å². The van der Waals surface area contributed by atoms with Gasteiger partial charge in [-0.25, -0.2) is 0 Å². The van der Waals surface area contributed by atoms with E-state index in [4.69, 9.17) is 4.74 Å². The number of hydrogen-bond donors (Lipinski definition) is 2. The number of benzene rings is 1. The lowest BCUT2D eigenvalue weighted by atomic mass is 10.0. The molecule has 0 saturated heterocycles. The van der Waals surface area contributed by atoms with Crippen LogP contribution >= 0.6 is 0 Å². The number of anilines is 2. The van der Waals surface area contributed by atoms with Crippen LogP contribution in [0.5, 0.6) is 0 Å². The zero-order chi connectivity index (χ0) is 17.0. The Bertz CT molecular complexity index is 668. The minimum atomic E-state index is -1.11. The van der Waals surface area contributed by atoms with E-state index < -0.39 is 11.4 Å². The van der Waals surface area contributed by atoms with E-state index >= 15 is 0 Å². The number of carbonyl (C=O) groups excluding carboxylic acids is 2. The van der Waals surface area contributed by atoms with Crippen LogP contribution in [0.1, 0.15) is 23.7 Å². The normalized spacial score (nSPS) is 16.4. The predicted molar refractivity (Wildman–Crippen MR) is 86.3 cm³/mol. The lowest BCUT2D eigenvalue weighted by Crippen LogP contribution is -2.48. The SMILES string of the molecule is COCC(C)(C#N)NC(=O)c1ccc2c(c1)NC(=O)CCN2C. The lowest BCUT2D eigenvalue weighted by Gasteiger charge is -2.23. The summed E-state index contributed by atoms with van der Waals surface area (Å²) in [6, 6.07) is 7.11. The highest BCUT2D eigenvalue weighted by Gasteiger charge is 2.27. The Morgan fingerprint density at radius 1 is 1.57 bits per heavy atom.